The molecule has 3 aromatic heterocycles. The molecule has 1 N–H and O–H groups in total. The molecule has 3 aromatic carbocycles. The minimum atomic E-state index is -1.69. The summed E-state index contributed by atoms with van der Waals surface area (Å²) < 4.78 is 19.7. The second-order valence-electron chi connectivity index (χ2n) is 16.6. The molecule has 0 bridgehead atoms. The fourth-order valence-corrected chi connectivity index (χ4v) is 8.25. The van der Waals surface area contributed by atoms with E-state index in [1.807, 2.05) is 34.6 Å². The molecule has 0 saturated carbocycles. The Bertz CT molecular complexity index is 2290. The second-order valence-corrected chi connectivity index (χ2v) is 21.7. The van der Waals surface area contributed by atoms with Crippen molar-refractivity contribution in [2.45, 2.75) is 114 Å². The zero-order valence-corrected chi connectivity index (χ0v) is 35.6. The van der Waals surface area contributed by atoms with E-state index in [0.717, 1.165) is 70.4 Å². The zero-order valence-electron chi connectivity index (χ0n) is 34.2. The van der Waals surface area contributed by atoms with E-state index in [1.54, 1.807) is 0 Å². The number of ketones is 1. The minimum Gasteiger partial charge on any atom is -0.512 e. The average molecular weight is 868 g/mol. The molecule has 269 valence electrons. The fraction of sp³-hybridized carbons (Fsp3) is 0.455. The van der Waals surface area contributed by atoms with Crippen molar-refractivity contribution < 1.29 is 32.7 Å². The van der Waals surface area contributed by atoms with Gasteiger partial charge in [-0.15, -0.1) is 17.7 Å². The number of aliphatic hydroxyl groups is 1. The number of hydrogen-bond donors (Lipinski definition) is 1. The molecule has 0 aliphatic heterocycles. The molecule has 6 aromatic rings. The van der Waals surface area contributed by atoms with Gasteiger partial charge in [0.1, 0.15) is 0 Å². The number of aliphatic hydroxyl groups excluding tert-OH is 1. The molecule has 4 nitrogen and oxygen atoms in total. The van der Waals surface area contributed by atoms with Crippen molar-refractivity contribution in [3.05, 3.63) is 77.6 Å². The molecule has 0 aliphatic carbocycles. The predicted octanol–water partition coefficient (Wildman–Crippen LogP) is 11.9. The molecule has 6 heteroatoms. The zero-order chi connectivity index (χ0) is 37.8. The van der Waals surface area contributed by atoms with Crippen LogP contribution >= 0.6 is 0 Å². The maximum Gasteiger partial charge on any atom is 0.164 e. The summed E-state index contributed by atoms with van der Waals surface area (Å²) >= 11 is 0. The van der Waals surface area contributed by atoms with Gasteiger partial charge >= 0.3 is 0 Å². The van der Waals surface area contributed by atoms with Gasteiger partial charge in [-0.25, -0.2) is 0 Å². The van der Waals surface area contributed by atoms with Crippen molar-refractivity contribution >= 4 is 68.0 Å². The van der Waals surface area contributed by atoms with Crippen LogP contribution in [-0.4, -0.2) is 28.3 Å². The topological polar surface area (TPSA) is 54.6 Å². The number of hydrogen-bond acceptors (Lipinski definition) is 3. The van der Waals surface area contributed by atoms with E-state index in [-0.39, 0.29) is 60.6 Å². The second kappa shape index (κ2) is 14.9. The van der Waals surface area contributed by atoms with E-state index in [9.17, 15) is 9.90 Å². The molecule has 0 aliphatic rings. The van der Waals surface area contributed by atoms with Crippen molar-refractivity contribution in [3.8, 4) is 0 Å². The summed E-state index contributed by atoms with van der Waals surface area (Å²) in [7, 11) is -1.69. The third kappa shape index (κ3) is 7.59. The standard InChI is InChI=1S/C30H31N2Si.C14H26O2.Ir/c1-18-12-23-22-9-8-19(17-30(2,3)4)14-25(22)32-26-16-21(33(5,6)7)15-20-10-11-31-28(27(20)26)24(13-18)29(23)32;1-6-11(7-2)12(15)10-13(16)14(5,8-3)9-4;/h8-12,14-16H,17H2,1-7H3;10-11,15H,6-9H2,1-5H3;/q-1;;/b;12-10-;/i10D,11D;;. The number of aromatic nitrogens is 2. The van der Waals surface area contributed by atoms with Crippen LogP contribution < -0.4 is 5.19 Å². The van der Waals surface area contributed by atoms with E-state index in [4.69, 9.17) is 2.74 Å². The van der Waals surface area contributed by atoms with Gasteiger partial charge in [-0.2, -0.15) is 0 Å². The van der Waals surface area contributed by atoms with Crippen LogP contribution in [0.15, 0.2) is 60.4 Å². The van der Waals surface area contributed by atoms with Gasteiger partial charge < -0.3 is 14.5 Å². The van der Waals surface area contributed by atoms with Crippen molar-refractivity contribution in [1.29, 1.82) is 0 Å². The number of fused-ring (bicyclic) bond motifs is 5. The molecule has 3 heterocycles. The van der Waals surface area contributed by atoms with Crippen LogP contribution in [0, 0.1) is 29.7 Å². The van der Waals surface area contributed by atoms with Crippen LogP contribution in [0.1, 0.15) is 94.9 Å². The number of carbonyl (C=O) groups excluding carboxylic acids is 1. The Balaban J connectivity index is 0.000000305. The molecule has 6 rings (SSSR count). The van der Waals surface area contributed by atoms with E-state index in [0.29, 0.717) is 0 Å². The van der Waals surface area contributed by atoms with E-state index >= 15 is 0 Å². The van der Waals surface area contributed by atoms with E-state index in [1.165, 1.54) is 33.1 Å². The minimum absolute atomic E-state index is 0. The quantitative estimate of drug-likeness (QED) is 0.0393. The number of nitrogens with zero attached hydrogens (tertiary/aromatic N) is 2. The smallest absolute Gasteiger partial charge is 0.164 e. The monoisotopic (exact) mass is 868 g/mol. The molecular formula is C44H57IrN2O2Si-. The summed E-state index contributed by atoms with van der Waals surface area (Å²) in [4.78, 5) is 16.7. The Morgan fingerprint density at radius 2 is 1.66 bits per heavy atom. The summed E-state index contributed by atoms with van der Waals surface area (Å²) in [5.74, 6) is 0.437. The molecule has 0 unspecified atom stereocenters. The van der Waals surface area contributed by atoms with Gasteiger partial charge in [0.05, 0.1) is 16.6 Å². The average Bonchev–Trinajstić information content (AvgIpc) is 3.37. The Hall–Kier alpha value is -3.05. The van der Waals surface area contributed by atoms with Crippen molar-refractivity contribution in [2.75, 3.05) is 0 Å². The third-order valence-electron chi connectivity index (χ3n) is 10.6. The Morgan fingerprint density at radius 3 is 2.24 bits per heavy atom. The summed E-state index contributed by atoms with van der Waals surface area (Å²) in [6, 6.07) is 17.4. The molecule has 1 radical (unpaired) electrons. The maximum atomic E-state index is 12.0. The van der Waals surface area contributed by atoms with Gasteiger partial charge in [0.15, 0.2) is 5.78 Å². The van der Waals surface area contributed by atoms with Crippen molar-refractivity contribution in [2.24, 2.45) is 16.7 Å². The van der Waals surface area contributed by atoms with Gasteiger partial charge in [0.25, 0.3) is 0 Å². The Morgan fingerprint density at radius 1 is 1.00 bits per heavy atom. The third-order valence-corrected chi connectivity index (χ3v) is 12.6. The summed E-state index contributed by atoms with van der Waals surface area (Å²) in [5.41, 5.74) is 6.46. The maximum absolute atomic E-state index is 12.0. The summed E-state index contributed by atoms with van der Waals surface area (Å²) in [6.07, 6.45) is 5.87. The van der Waals surface area contributed by atoms with Crippen LogP contribution in [0.25, 0.3) is 49.0 Å². The Kier molecular flexibility index (Phi) is 10.9. The normalized spacial score (nSPS) is 13.7. The Labute approximate surface area is 317 Å². The molecule has 0 spiro atoms. The SMILES string of the molecule is CCC(CC)/C(O)=C/C(=O)C(C)(CC)CC.[2H]c1nc2c3[c-]c(C)cc4c5ccc(CC(C)(C)C)cc5n(c5cc([Si](C)(C)C)cc(c1[2H])c25)c34.[Ir]. The number of pyridine rings is 2. The largest absolute Gasteiger partial charge is 0.512 e. The molecular weight excluding hydrogens is 809 g/mol. The van der Waals surface area contributed by atoms with Gasteiger partial charge in [0, 0.05) is 54.7 Å². The van der Waals surface area contributed by atoms with Gasteiger partial charge in [-0.3, -0.25) is 4.79 Å². The molecule has 0 atom stereocenters. The first-order valence-corrected chi connectivity index (χ1v) is 21.7. The number of rotatable bonds is 9. The predicted molar refractivity (Wildman–Crippen MR) is 215 cm³/mol. The van der Waals surface area contributed by atoms with Gasteiger partial charge in [-0.05, 0) is 88.4 Å². The van der Waals surface area contributed by atoms with Crippen molar-refractivity contribution in [1.82, 2.24) is 9.38 Å². The summed E-state index contributed by atoms with van der Waals surface area (Å²) in [5, 5.41) is 16.4. The van der Waals surface area contributed by atoms with Crippen LogP contribution in [0.4, 0.5) is 0 Å². The van der Waals surface area contributed by atoms with Gasteiger partial charge in [-0.1, -0.05) is 116 Å². The molecule has 0 fully saturated rings. The van der Waals surface area contributed by atoms with Crippen LogP contribution in [-0.2, 0) is 31.3 Å². The fourth-order valence-electron chi connectivity index (χ4n) is 7.10. The first-order valence-electron chi connectivity index (χ1n) is 19.2. The molecule has 0 amide bonds. The molecule has 0 saturated heterocycles. The number of carbonyl (C=O) groups is 1. The molecule has 50 heavy (non-hydrogen) atoms. The van der Waals surface area contributed by atoms with Crippen molar-refractivity contribution in [3.63, 3.8) is 0 Å². The number of benzene rings is 3. The summed E-state index contributed by atoms with van der Waals surface area (Å²) in [6.45, 7) is 26.0. The number of allylic oxidation sites excluding steroid dienone is 2. The van der Waals surface area contributed by atoms with E-state index in [2.05, 4.69) is 99.2 Å². The van der Waals surface area contributed by atoms with Crippen LogP contribution in [0.2, 0.25) is 19.6 Å². The van der Waals surface area contributed by atoms with E-state index < -0.39 is 8.07 Å². The van der Waals surface area contributed by atoms with Gasteiger partial charge in [0.2, 0.25) is 0 Å². The first kappa shape index (κ1) is 36.7. The van der Waals surface area contributed by atoms with Crippen LogP contribution in [0.5, 0.6) is 0 Å². The van der Waals surface area contributed by atoms with Crippen LogP contribution in [0.3, 0.4) is 0 Å². The number of aryl methyl sites for hydroxylation is 1. The first-order chi connectivity index (χ1) is 23.8.